The lowest BCUT2D eigenvalue weighted by Crippen LogP contribution is -2.48. The van der Waals surface area contributed by atoms with Gasteiger partial charge in [-0.05, 0) is 83.9 Å². The molecule has 7 heteroatoms. The summed E-state index contributed by atoms with van der Waals surface area (Å²) in [5, 5.41) is 0.603. The van der Waals surface area contributed by atoms with E-state index >= 15 is 0 Å². The van der Waals surface area contributed by atoms with E-state index in [0.29, 0.717) is 29.8 Å². The summed E-state index contributed by atoms with van der Waals surface area (Å²) in [6, 6.07) is 8.09. The Morgan fingerprint density at radius 2 is 1.81 bits per heavy atom. The number of carbonyl (C=O) groups excluding carboxylic acids is 1. The summed E-state index contributed by atoms with van der Waals surface area (Å²) < 4.78 is 1.56. The first-order valence-electron chi connectivity index (χ1n) is 12.2. The number of hydrogen-bond donors (Lipinski definition) is 0. The van der Waals surface area contributed by atoms with Crippen LogP contribution in [-0.2, 0) is 11.3 Å². The van der Waals surface area contributed by atoms with Gasteiger partial charge in [-0.2, -0.15) is 0 Å². The Morgan fingerprint density at radius 1 is 1.09 bits per heavy atom. The zero-order valence-corrected chi connectivity index (χ0v) is 19.6. The van der Waals surface area contributed by atoms with Gasteiger partial charge in [0.25, 0.3) is 5.56 Å². The van der Waals surface area contributed by atoms with Crippen LogP contribution in [0.3, 0.4) is 0 Å². The van der Waals surface area contributed by atoms with E-state index in [4.69, 9.17) is 0 Å². The standard InChI is InChI=1S/C25H37N5O2/c1-3-28(18-20-8-15-29(16-9-20)21-10-13-27(2)14-11-21)24(31)12-17-30-19-26-23-7-5-4-6-22(23)25(30)32/h4-7,19-21H,3,8-18H2,1-2H3. The van der Waals surface area contributed by atoms with Gasteiger partial charge >= 0.3 is 0 Å². The second-order valence-corrected chi connectivity index (χ2v) is 9.46. The van der Waals surface area contributed by atoms with E-state index in [2.05, 4.69) is 28.8 Å². The third-order valence-corrected chi connectivity index (χ3v) is 7.36. The molecule has 0 aliphatic carbocycles. The Morgan fingerprint density at radius 3 is 2.53 bits per heavy atom. The van der Waals surface area contributed by atoms with Crippen molar-refractivity contribution in [3.8, 4) is 0 Å². The van der Waals surface area contributed by atoms with Crippen LogP contribution in [0.4, 0.5) is 0 Å². The van der Waals surface area contributed by atoms with Crippen LogP contribution in [0.25, 0.3) is 10.9 Å². The molecule has 32 heavy (non-hydrogen) atoms. The zero-order valence-electron chi connectivity index (χ0n) is 19.6. The van der Waals surface area contributed by atoms with E-state index in [-0.39, 0.29) is 11.5 Å². The predicted octanol–water partition coefficient (Wildman–Crippen LogP) is 2.44. The molecule has 1 amide bonds. The van der Waals surface area contributed by atoms with Gasteiger partial charge in [-0.1, -0.05) is 12.1 Å². The number of aryl methyl sites for hydroxylation is 1. The van der Waals surface area contributed by atoms with Gasteiger partial charge in [0.05, 0.1) is 17.2 Å². The summed E-state index contributed by atoms with van der Waals surface area (Å²) in [7, 11) is 2.21. The van der Waals surface area contributed by atoms with Crippen LogP contribution in [0.1, 0.15) is 39.0 Å². The third-order valence-electron chi connectivity index (χ3n) is 7.36. The highest BCUT2D eigenvalue weighted by molar-refractivity contribution is 5.77. The average molecular weight is 440 g/mol. The van der Waals surface area contributed by atoms with Crippen molar-refractivity contribution in [2.24, 2.45) is 5.92 Å². The predicted molar refractivity (Wildman–Crippen MR) is 128 cm³/mol. The molecule has 2 saturated heterocycles. The van der Waals surface area contributed by atoms with Gasteiger partial charge in [0, 0.05) is 32.1 Å². The lowest BCUT2D eigenvalue weighted by Gasteiger charge is -2.41. The number of para-hydroxylation sites is 1. The van der Waals surface area contributed by atoms with Crippen LogP contribution >= 0.6 is 0 Å². The lowest BCUT2D eigenvalue weighted by atomic mass is 9.93. The van der Waals surface area contributed by atoms with Crippen molar-refractivity contribution in [2.75, 3.05) is 46.3 Å². The summed E-state index contributed by atoms with van der Waals surface area (Å²) in [5.41, 5.74) is 0.620. The summed E-state index contributed by atoms with van der Waals surface area (Å²) >= 11 is 0. The van der Waals surface area contributed by atoms with E-state index in [1.165, 1.54) is 38.8 Å². The maximum Gasteiger partial charge on any atom is 0.261 e. The Bertz CT molecular complexity index is 958. The molecule has 2 fully saturated rings. The van der Waals surface area contributed by atoms with Crippen molar-refractivity contribution in [3.63, 3.8) is 0 Å². The molecule has 2 aromatic rings. The molecular weight excluding hydrogens is 402 g/mol. The molecule has 0 bridgehead atoms. The summed E-state index contributed by atoms with van der Waals surface area (Å²) in [6.45, 7) is 8.71. The van der Waals surface area contributed by atoms with Crippen LogP contribution in [-0.4, -0.2) is 82.5 Å². The molecule has 0 N–H and O–H groups in total. The number of nitrogens with zero attached hydrogens (tertiary/aromatic N) is 5. The van der Waals surface area contributed by atoms with Gasteiger partial charge in [0.1, 0.15) is 0 Å². The topological polar surface area (TPSA) is 61.7 Å². The molecule has 0 saturated carbocycles. The Labute approximate surface area is 191 Å². The summed E-state index contributed by atoms with van der Waals surface area (Å²) in [6.07, 6.45) is 6.80. The molecule has 0 spiro atoms. The average Bonchev–Trinajstić information content (AvgIpc) is 2.83. The van der Waals surface area contributed by atoms with Gasteiger partial charge in [0.15, 0.2) is 0 Å². The molecule has 7 nitrogen and oxygen atoms in total. The Kier molecular flexibility index (Phi) is 7.58. The van der Waals surface area contributed by atoms with Crippen molar-refractivity contribution >= 4 is 16.8 Å². The molecule has 174 valence electrons. The quantitative estimate of drug-likeness (QED) is 0.663. The van der Waals surface area contributed by atoms with E-state index in [0.717, 1.165) is 32.2 Å². The van der Waals surface area contributed by atoms with Crippen LogP contribution in [0.5, 0.6) is 0 Å². The van der Waals surface area contributed by atoms with Crippen molar-refractivity contribution in [1.29, 1.82) is 0 Å². The van der Waals surface area contributed by atoms with Crippen LogP contribution in [0.15, 0.2) is 35.4 Å². The molecule has 2 aliphatic rings. The highest BCUT2D eigenvalue weighted by atomic mass is 16.2. The number of piperidine rings is 2. The number of likely N-dealkylation sites (tertiary alicyclic amines) is 2. The SMILES string of the molecule is CCN(CC1CCN(C2CCN(C)CC2)CC1)C(=O)CCn1cnc2ccccc2c1=O. The first kappa shape index (κ1) is 22.9. The van der Waals surface area contributed by atoms with E-state index in [1.54, 1.807) is 17.0 Å². The minimum atomic E-state index is -0.0762. The van der Waals surface area contributed by atoms with Crippen molar-refractivity contribution < 1.29 is 4.79 Å². The smallest absolute Gasteiger partial charge is 0.261 e. The molecule has 4 rings (SSSR count). The van der Waals surface area contributed by atoms with Gasteiger partial charge in [-0.15, -0.1) is 0 Å². The Balaban J connectivity index is 1.26. The first-order valence-corrected chi connectivity index (χ1v) is 12.2. The second kappa shape index (κ2) is 10.6. The number of amides is 1. The second-order valence-electron chi connectivity index (χ2n) is 9.46. The number of fused-ring (bicyclic) bond motifs is 1. The largest absolute Gasteiger partial charge is 0.343 e. The molecule has 2 aliphatic heterocycles. The number of rotatable bonds is 7. The maximum atomic E-state index is 12.9. The number of benzene rings is 1. The van der Waals surface area contributed by atoms with Gasteiger partial charge < -0.3 is 14.7 Å². The normalized spacial score (nSPS) is 19.4. The molecule has 3 heterocycles. The minimum absolute atomic E-state index is 0.0762. The third kappa shape index (κ3) is 5.38. The molecule has 1 aromatic heterocycles. The highest BCUT2D eigenvalue weighted by Crippen LogP contribution is 2.24. The molecular formula is C25H37N5O2. The minimum Gasteiger partial charge on any atom is -0.343 e. The summed E-state index contributed by atoms with van der Waals surface area (Å²) in [5.74, 6) is 0.705. The summed E-state index contributed by atoms with van der Waals surface area (Å²) in [4.78, 5) is 37.0. The molecule has 0 atom stereocenters. The van der Waals surface area contributed by atoms with Gasteiger partial charge in [-0.25, -0.2) is 4.98 Å². The van der Waals surface area contributed by atoms with Gasteiger partial charge in [-0.3, -0.25) is 14.2 Å². The molecule has 1 aromatic carbocycles. The maximum absolute atomic E-state index is 12.9. The fraction of sp³-hybridized carbons (Fsp3) is 0.640. The lowest BCUT2D eigenvalue weighted by molar-refractivity contribution is -0.132. The Hall–Kier alpha value is -2.25. The number of carbonyl (C=O) groups is 1. The highest BCUT2D eigenvalue weighted by Gasteiger charge is 2.28. The monoisotopic (exact) mass is 439 g/mol. The van der Waals surface area contributed by atoms with Crippen LogP contribution in [0.2, 0.25) is 0 Å². The molecule has 0 radical (unpaired) electrons. The van der Waals surface area contributed by atoms with E-state index < -0.39 is 0 Å². The number of aromatic nitrogens is 2. The molecule has 0 unspecified atom stereocenters. The number of hydrogen-bond acceptors (Lipinski definition) is 5. The van der Waals surface area contributed by atoms with Crippen LogP contribution in [0, 0.1) is 5.92 Å². The first-order chi connectivity index (χ1) is 15.5. The fourth-order valence-electron chi connectivity index (χ4n) is 5.22. The van der Waals surface area contributed by atoms with Crippen molar-refractivity contribution in [1.82, 2.24) is 24.3 Å². The zero-order chi connectivity index (χ0) is 22.5. The van der Waals surface area contributed by atoms with Gasteiger partial charge in [0.2, 0.25) is 5.91 Å². The van der Waals surface area contributed by atoms with Crippen molar-refractivity contribution in [2.45, 2.75) is 51.6 Å². The van der Waals surface area contributed by atoms with Crippen LogP contribution < -0.4 is 5.56 Å². The fourth-order valence-corrected chi connectivity index (χ4v) is 5.22. The van der Waals surface area contributed by atoms with Crippen molar-refractivity contribution in [3.05, 3.63) is 40.9 Å². The van der Waals surface area contributed by atoms with E-state index in [1.807, 2.05) is 23.1 Å². The van der Waals surface area contributed by atoms with E-state index in [9.17, 15) is 9.59 Å².